The molecule has 3 aromatic heterocycles. The number of rotatable bonds is 4. The first kappa shape index (κ1) is 21.3. The van der Waals surface area contributed by atoms with Crippen LogP contribution in [0.4, 0.5) is 18.9 Å². The molecule has 0 unspecified atom stereocenters. The van der Waals surface area contributed by atoms with Crippen LogP contribution in [0.3, 0.4) is 0 Å². The molecule has 9 heteroatoms. The predicted octanol–water partition coefficient (Wildman–Crippen LogP) is 5.75. The number of nitrogens with zero attached hydrogens (tertiary/aromatic N) is 4. The quantitative estimate of drug-likeness (QED) is 0.371. The molecule has 0 aliphatic carbocycles. The first-order chi connectivity index (χ1) is 16.4. The van der Waals surface area contributed by atoms with Gasteiger partial charge in [-0.3, -0.25) is 9.78 Å². The molecule has 0 bridgehead atoms. The number of hydrogen-bond donors (Lipinski definition) is 1. The Hall–Kier alpha value is -4.53. The van der Waals surface area contributed by atoms with Gasteiger partial charge >= 0.3 is 6.18 Å². The van der Waals surface area contributed by atoms with Crippen molar-refractivity contribution in [3.8, 4) is 16.9 Å². The number of halogens is 3. The summed E-state index contributed by atoms with van der Waals surface area (Å²) in [4.78, 5) is 20.8. The fourth-order valence-corrected chi connectivity index (χ4v) is 3.60. The topological polar surface area (TPSA) is 72.7 Å². The van der Waals surface area contributed by atoms with Gasteiger partial charge in [0.15, 0.2) is 0 Å². The van der Waals surface area contributed by atoms with Gasteiger partial charge in [0, 0.05) is 29.0 Å². The summed E-state index contributed by atoms with van der Waals surface area (Å²) in [5.41, 5.74) is 0.362. The molecule has 0 spiro atoms. The smallest absolute Gasteiger partial charge is 0.320 e. The summed E-state index contributed by atoms with van der Waals surface area (Å²) < 4.78 is 41.8. The molecule has 1 N–H and O–H groups in total. The van der Waals surface area contributed by atoms with E-state index in [4.69, 9.17) is 0 Å². The molecule has 0 aliphatic heterocycles. The SMILES string of the molecule is O=C(Nc1cccc2ccccc12)c1ccc(-n2nc(-c3cccnc3)cc2C(F)(F)F)cn1. The lowest BCUT2D eigenvalue weighted by Gasteiger charge is -2.11. The number of nitrogens with one attached hydrogen (secondary N) is 1. The van der Waals surface area contributed by atoms with Crippen LogP contribution in [-0.4, -0.2) is 25.7 Å². The molecule has 34 heavy (non-hydrogen) atoms. The van der Waals surface area contributed by atoms with Crippen LogP contribution in [0, 0.1) is 0 Å². The molecule has 5 rings (SSSR count). The van der Waals surface area contributed by atoms with Crippen molar-refractivity contribution in [2.24, 2.45) is 0 Å². The number of benzene rings is 2. The number of amides is 1. The number of pyridine rings is 2. The third-order valence-corrected chi connectivity index (χ3v) is 5.22. The second-order valence-electron chi connectivity index (χ2n) is 7.45. The highest BCUT2D eigenvalue weighted by atomic mass is 19.4. The van der Waals surface area contributed by atoms with Crippen molar-refractivity contribution in [1.29, 1.82) is 0 Å². The van der Waals surface area contributed by atoms with Gasteiger partial charge < -0.3 is 5.32 Å². The fraction of sp³-hybridized carbons (Fsp3) is 0.0400. The van der Waals surface area contributed by atoms with E-state index in [9.17, 15) is 18.0 Å². The third-order valence-electron chi connectivity index (χ3n) is 5.22. The molecule has 0 saturated heterocycles. The maximum atomic E-state index is 13.7. The maximum Gasteiger partial charge on any atom is 0.433 e. The van der Waals surface area contributed by atoms with E-state index in [0.717, 1.165) is 21.5 Å². The molecule has 0 fully saturated rings. The van der Waals surface area contributed by atoms with Crippen LogP contribution in [0.1, 0.15) is 16.2 Å². The minimum absolute atomic E-state index is 0.0601. The van der Waals surface area contributed by atoms with Gasteiger partial charge in [-0.15, -0.1) is 0 Å². The molecule has 3 heterocycles. The Morgan fingerprint density at radius 1 is 0.912 bits per heavy atom. The maximum absolute atomic E-state index is 13.7. The number of alkyl halides is 3. The summed E-state index contributed by atoms with van der Waals surface area (Å²) in [6, 6.07) is 20.0. The van der Waals surface area contributed by atoms with Crippen LogP contribution in [0.15, 0.2) is 91.4 Å². The number of carbonyl (C=O) groups excluding carboxylic acids is 1. The summed E-state index contributed by atoms with van der Waals surface area (Å²) in [6.07, 6.45) is -0.492. The third kappa shape index (κ3) is 4.11. The molecular weight excluding hydrogens is 443 g/mol. The Balaban J connectivity index is 1.45. The van der Waals surface area contributed by atoms with Crippen molar-refractivity contribution in [2.75, 3.05) is 5.32 Å². The molecule has 6 nitrogen and oxygen atoms in total. The van der Waals surface area contributed by atoms with Crippen LogP contribution in [0.25, 0.3) is 27.7 Å². The van der Waals surface area contributed by atoms with Crippen molar-refractivity contribution in [3.05, 3.63) is 103 Å². The second-order valence-corrected chi connectivity index (χ2v) is 7.45. The van der Waals surface area contributed by atoms with Crippen molar-refractivity contribution < 1.29 is 18.0 Å². The van der Waals surface area contributed by atoms with E-state index in [0.29, 0.717) is 11.3 Å². The molecule has 0 saturated carbocycles. The minimum Gasteiger partial charge on any atom is -0.320 e. The Morgan fingerprint density at radius 2 is 1.74 bits per heavy atom. The highest BCUT2D eigenvalue weighted by molar-refractivity contribution is 6.08. The molecule has 0 aliphatic rings. The molecule has 5 aromatic rings. The first-order valence-corrected chi connectivity index (χ1v) is 10.2. The van der Waals surface area contributed by atoms with Gasteiger partial charge in [0.2, 0.25) is 0 Å². The normalized spacial score (nSPS) is 11.5. The highest BCUT2D eigenvalue weighted by Gasteiger charge is 2.36. The summed E-state index contributed by atoms with van der Waals surface area (Å²) in [5, 5.41) is 8.75. The van der Waals surface area contributed by atoms with E-state index in [-0.39, 0.29) is 17.1 Å². The van der Waals surface area contributed by atoms with Crippen LogP contribution < -0.4 is 5.32 Å². The average Bonchev–Trinajstić information content (AvgIpc) is 3.31. The number of carbonyl (C=O) groups is 1. The van der Waals surface area contributed by atoms with E-state index < -0.39 is 17.8 Å². The van der Waals surface area contributed by atoms with Crippen LogP contribution in [-0.2, 0) is 6.18 Å². The van der Waals surface area contributed by atoms with Crippen molar-refractivity contribution >= 4 is 22.4 Å². The van der Waals surface area contributed by atoms with E-state index >= 15 is 0 Å². The molecular formula is C25H16F3N5O. The monoisotopic (exact) mass is 459 g/mol. The lowest BCUT2D eigenvalue weighted by atomic mass is 10.1. The van der Waals surface area contributed by atoms with Crippen LogP contribution >= 0.6 is 0 Å². The molecule has 0 atom stereocenters. The zero-order chi connectivity index (χ0) is 23.7. The van der Waals surface area contributed by atoms with Gasteiger partial charge in [0.05, 0.1) is 17.6 Å². The Morgan fingerprint density at radius 3 is 2.47 bits per heavy atom. The number of hydrogen-bond acceptors (Lipinski definition) is 4. The summed E-state index contributed by atoms with van der Waals surface area (Å²) in [7, 11) is 0. The van der Waals surface area contributed by atoms with Gasteiger partial charge in [-0.25, -0.2) is 9.67 Å². The Bertz CT molecular complexity index is 1470. The standard InChI is InChI=1S/C25H16F3N5O/c26-25(27,28)23-13-22(17-7-4-12-29-14-17)32-33(23)18-10-11-21(30-15-18)24(34)31-20-9-3-6-16-5-1-2-8-19(16)20/h1-15H,(H,31,34). The minimum atomic E-state index is -4.64. The van der Waals surface area contributed by atoms with E-state index in [2.05, 4.69) is 20.4 Å². The number of aromatic nitrogens is 4. The van der Waals surface area contributed by atoms with Crippen molar-refractivity contribution in [2.45, 2.75) is 6.18 Å². The average molecular weight is 459 g/mol. The predicted molar refractivity (Wildman–Crippen MR) is 121 cm³/mol. The van der Waals surface area contributed by atoms with Gasteiger partial charge in [0.25, 0.3) is 5.91 Å². The number of anilines is 1. The largest absolute Gasteiger partial charge is 0.433 e. The van der Waals surface area contributed by atoms with Gasteiger partial charge in [-0.05, 0) is 41.8 Å². The zero-order valence-corrected chi connectivity index (χ0v) is 17.5. The molecule has 1 amide bonds. The van der Waals surface area contributed by atoms with Crippen LogP contribution in [0.2, 0.25) is 0 Å². The second kappa shape index (κ2) is 8.43. The summed E-state index contributed by atoms with van der Waals surface area (Å²) in [6.45, 7) is 0. The molecule has 2 aromatic carbocycles. The zero-order valence-electron chi connectivity index (χ0n) is 17.5. The lowest BCUT2D eigenvalue weighted by Crippen LogP contribution is -2.16. The summed E-state index contributed by atoms with van der Waals surface area (Å²) >= 11 is 0. The lowest BCUT2D eigenvalue weighted by molar-refractivity contribution is -0.142. The van der Waals surface area contributed by atoms with Crippen molar-refractivity contribution in [3.63, 3.8) is 0 Å². The van der Waals surface area contributed by atoms with E-state index in [1.165, 1.54) is 30.7 Å². The fourth-order valence-electron chi connectivity index (χ4n) is 3.60. The van der Waals surface area contributed by atoms with Crippen LogP contribution in [0.5, 0.6) is 0 Å². The Kier molecular flexibility index (Phi) is 5.29. The van der Waals surface area contributed by atoms with Crippen molar-refractivity contribution in [1.82, 2.24) is 19.7 Å². The number of fused-ring (bicyclic) bond motifs is 1. The Labute approximate surface area is 191 Å². The van der Waals surface area contributed by atoms with Gasteiger partial charge in [-0.1, -0.05) is 36.4 Å². The van der Waals surface area contributed by atoms with Gasteiger partial charge in [-0.2, -0.15) is 18.3 Å². The van der Waals surface area contributed by atoms with Gasteiger partial charge in [0.1, 0.15) is 11.4 Å². The highest BCUT2D eigenvalue weighted by Crippen LogP contribution is 2.34. The van der Waals surface area contributed by atoms with E-state index in [1.54, 1.807) is 18.2 Å². The summed E-state index contributed by atoms with van der Waals surface area (Å²) in [5.74, 6) is -0.476. The molecule has 168 valence electrons. The molecule has 0 radical (unpaired) electrons. The van der Waals surface area contributed by atoms with E-state index in [1.807, 2.05) is 36.4 Å². The first-order valence-electron chi connectivity index (χ1n) is 10.2.